The smallest absolute Gasteiger partial charge is 0.117 e. The molecule has 0 fully saturated rings. The van der Waals surface area contributed by atoms with E-state index in [1.165, 1.54) is 6.07 Å². The van der Waals surface area contributed by atoms with Crippen LogP contribution in [0.25, 0.3) is 0 Å². The van der Waals surface area contributed by atoms with Crippen LogP contribution in [0.2, 0.25) is 0 Å². The molecule has 0 bridgehead atoms. The molecule has 1 rings (SSSR count). The lowest BCUT2D eigenvalue weighted by Gasteiger charge is -2.10. The number of hydrazine groups is 1. The number of anilines is 1. The summed E-state index contributed by atoms with van der Waals surface area (Å²) in [5.41, 5.74) is 0.583. The molecule has 58 valence electrons. The zero-order valence-electron chi connectivity index (χ0n) is 5.86. The molecule has 4 nitrogen and oxygen atoms in total. The molecule has 4 N–H and O–H groups in total. The molecule has 0 unspecified atom stereocenters. The monoisotopic (exact) mass is 151 g/mol. The quantitative estimate of drug-likeness (QED) is 0.252. The molecule has 0 amide bonds. The zero-order valence-corrected chi connectivity index (χ0v) is 5.86. The van der Waals surface area contributed by atoms with Crippen LogP contribution in [-0.4, -0.2) is 11.4 Å². The van der Waals surface area contributed by atoms with E-state index in [1.54, 1.807) is 18.2 Å². The third-order valence-electron chi connectivity index (χ3n) is 1.27. The molecule has 11 heavy (non-hydrogen) atoms. The Bertz CT molecular complexity index is 262. The lowest BCUT2D eigenvalue weighted by Crippen LogP contribution is -2.28. The predicted octanol–water partition coefficient (Wildman–Crippen LogP) is 0.679. The van der Waals surface area contributed by atoms with Gasteiger partial charge in [-0.1, -0.05) is 6.07 Å². The molecule has 1 aromatic rings. The van der Waals surface area contributed by atoms with E-state index in [1.807, 2.05) is 0 Å². The van der Waals surface area contributed by atoms with Crippen LogP contribution in [0.3, 0.4) is 0 Å². The van der Waals surface area contributed by atoms with Crippen molar-refractivity contribution in [1.29, 1.82) is 5.41 Å². The second-order valence-electron chi connectivity index (χ2n) is 2.06. The molecular formula is C7H9N3O. The molecule has 0 aromatic heterocycles. The number of phenolic OH excluding ortho intramolecular Hbond substituents is 1. The van der Waals surface area contributed by atoms with Gasteiger partial charge in [0, 0.05) is 6.07 Å². The Morgan fingerprint density at radius 2 is 2.27 bits per heavy atom. The summed E-state index contributed by atoms with van der Waals surface area (Å²) in [6, 6.07) is 6.38. The number of nitrogens with zero attached hydrogens (tertiary/aromatic N) is 1. The maximum atomic E-state index is 9.00. The fourth-order valence-corrected chi connectivity index (χ4v) is 0.728. The topological polar surface area (TPSA) is 73.3 Å². The van der Waals surface area contributed by atoms with Crippen molar-refractivity contribution in [2.75, 3.05) is 5.01 Å². The van der Waals surface area contributed by atoms with E-state index in [0.29, 0.717) is 5.69 Å². The average molecular weight is 151 g/mol. The average Bonchev–Trinajstić information content (AvgIpc) is 2.03. The highest BCUT2D eigenvalue weighted by molar-refractivity contribution is 5.75. The van der Waals surface area contributed by atoms with E-state index in [4.69, 9.17) is 16.4 Å². The Labute approximate surface area is 64.3 Å². The number of hydrogen-bond acceptors (Lipinski definition) is 3. The zero-order chi connectivity index (χ0) is 8.27. The summed E-state index contributed by atoms with van der Waals surface area (Å²) in [6.45, 7) is 0. The van der Waals surface area contributed by atoms with Gasteiger partial charge in [-0.15, -0.1) is 0 Å². The van der Waals surface area contributed by atoms with Gasteiger partial charge in [0.25, 0.3) is 0 Å². The number of rotatable bonds is 2. The Balaban J connectivity index is 2.95. The van der Waals surface area contributed by atoms with Crippen LogP contribution in [-0.2, 0) is 0 Å². The number of phenols is 1. The Hall–Kier alpha value is -1.55. The van der Waals surface area contributed by atoms with Crippen molar-refractivity contribution >= 4 is 12.0 Å². The maximum Gasteiger partial charge on any atom is 0.117 e. The molecule has 0 atom stereocenters. The highest BCUT2D eigenvalue weighted by Crippen LogP contribution is 2.16. The summed E-state index contributed by atoms with van der Waals surface area (Å²) in [4.78, 5) is 0. The van der Waals surface area contributed by atoms with E-state index in [-0.39, 0.29) is 5.75 Å². The largest absolute Gasteiger partial charge is 0.508 e. The number of nitrogens with two attached hydrogens (primary N) is 1. The number of aromatic hydroxyl groups is 1. The maximum absolute atomic E-state index is 9.00. The fraction of sp³-hybridized carbons (Fsp3) is 0. The Morgan fingerprint density at radius 1 is 1.55 bits per heavy atom. The molecule has 0 radical (unpaired) electrons. The predicted molar refractivity (Wildman–Crippen MR) is 43.6 cm³/mol. The van der Waals surface area contributed by atoms with Gasteiger partial charge in [-0.05, 0) is 12.1 Å². The molecule has 0 aliphatic rings. The van der Waals surface area contributed by atoms with E-state index >= 15 is 0 Å². The van der Waals surface area contributed by atoms with Crippen molar-refractivity contribution in [3.05, 3.63) is 24.3 Å². The molecule has 0 aliphatic heterocycles. The van der Waals surface area contributed by atoms with Crippen molar-refractivity contribution < 1.29 is 5.11 Å². The van der Waals surface area contributed by atoms with Crippen LogP contribution in [0.4, 0.5) is 5.69 Å². The molecule has 0 spiro atoms. The summed E-state index contributed by atoms with van der Waals surface area (Å²) in [7, 11) is 0. The molecule has 1 aromatic carbocycles. The van der Waals surface area contributed by atoms with Gasteiger partial charge in [0.15, 0.2) is 0 Å². The van der Waals surface area contributed by atoms with Crippen LogP contribution >= 0.6 is 0 Å². The van der Waals surface area contributed by atoms with Crippen LogP contribution in [0, 0.1) is 5.41 Å². The van der Waals surface area contributed by atoms with Gasteiger partial charge in [0.2, 0.25) is 0 Å². The summed E-state index contributed by atoms with van der Waals surface area (Å²) >= 11 is 0. The molecule has 0 heterocycles. The van der Waals surface area contributed by atoms with Crippen LogP contribution in [0.15, 0.2) is 24.3 Å². The minimum atomic E-state index is 0.139. The molecule has 0 aliphatic carbocycles. The first-order chi connectivity index (χ1) is 5.24. The van der Waals surface area contributed by atoms with Gasteiger partial charge in [-0.2, -0.15) is 0 Å². The third kappa shape index (κ3) is 1.68. The number of hydrogen-bond donors (Lipinski definition) is 3. The van der Waals surface area contributed by atoms with E-state index < -0.39 is 0 Å². The first kappa shape index (κ1) is 7.56. The summed E-state index contributed by atoms with van der Waals surface area (Å²) in [6.07, 6.45) is 0.967. The highest BCUT2D eigenvalue weighted by atomic mass is 16.3. The second-order valence-corrected chi connectivity index (χ2v) is 2.06. The summed E-state index contributed by atoms with van der Waals surface area (Å²) < 4.78 is 0. The SMILES string of the molecule is N=CN(N)c1cccc(O)c1. The van der Waals surface area contributed by atoms with Gasteiger partial charge in [-0.3, -0.25) is 10.4 Å². The van der Waals surface area contributed by atoms with Crippen molar-refractivity contribution in [2.24, 2.45) is 5.84 Å². The van der Waals surface area contributed by atoms with Crippen LogP contribution in [0.5, 0.6) is 5.75 Å². The molecular weight excluding hydrogens is 142 g/mol. The second kappa shape index (κ2) is 3.03. The molecule has 0 saturated carbocycles. The molecule has 4 heteroatoms. The minimum absolute atomic E-state index is 0.139. The van der Waals surface area contributed by atoms with Gasteiger partial charge in [0.05, 0.1) is 5.69 Å². The number of nitrogens with one attached hydrogen (secondary N) is 1. The van der Waals surface area contributed by atoms with E-state index in [0.717, 1.165) is 11.3 Å². The normalized spacial score (nSPS) is 9.18. The van der Waals surface area contributed by atoms with Crippen LogP contribution < -0.4 is 10.9 Å². The van der Waals surface area contributed by atoms with Crippen molar-refractivity contribution in [2.45, 2.75) is 0 Å². The first-order valence-corrected chi connectivity index (χ1v) is 3.07. The van der Waals surface area contributed by atoms with Gasteiger partial charge in [-0.25, -0.2) is 5.84 Å². The van der Waals surface area contributed by atoms with Crippen molar-refractivity contribution in [3.63, 3.8) is 0 Å². The van der Waals surface area contributed by atoms with E-state index in [2.05, 4.69) is 0 Å². The third-order valence-corrected chi connectivity index (χ3v) is 1.27. The minimum Gasteiger partial charge on any atom is -0.508 e. The number of benzene rings is 1. The Morgan fingerprint density at radius 3 is 2.82 bits per heavy atom. The highest BCUT2D eigenvalue weighted by Gasteiger charge is 1.96. The summed E-state index contributed by atoms with van der Waals surface area (Å²) in [5.74, 6) is 5.48. The lowest BCUT2D eigenvalue weighted by molar-refractivity contribution is 0.475. The molecule has 0 saturated heterocycles. The first-order valence-electron chi connectivity index (χ1n) is 3.07. The van der Waals surface area contributed by atoms with Gasteiger partial charge < -0.3 is 5.11 Å². The standard InChI is InChI=1S/C7H9N3O/c8-5-10(9)6-2-1-3-7(11)4-6/h1-5,8,11H,9H2. The Kier molecular flexibility index (Phi) is 2.08. The van der Waals surface area contributed by atoms with Gasteiger partial charge in [0.1, 0.15) is 12.1 Å². The van der Waals surface area contributed by atoms with Crippen LogP contribution in [0.1, 0.15) is 0 Å². The van der Waals surface area contributed by atoms with Crippen molar-refractivity contribution in [1.82, 2.24) is 0 Å². The summed E-state index contributed by atoms with van der Waals surface area (Å²) in [5, 5.41) is 16.9. The van der Waals surface area contributed by atoms with Gasteiger partial charge >= 0.3 is 0 Å². The lowest BCUT2D eigenvalue weighted by atomic mass is 10.3. The van der Waals surface area contributed by atoms with Crippen molar-refractivity contribution in [3.8, 4) is 5.75 Å². The van der Waals surface area contributed by atoms with E-state index in [9.17, 15) is 0 Å². The fourth-order valence-electron chi connectivity index (χ4n) is 0.728.